The van der Waals surface area contributed by atoms with Gasteiger partial charge in [0.1, 0.15) is 16.2 Å². The minimum atomic E-state index is 0.562. The van der Waals surface area contributed by atoms with E-state index < -0.39 is 0 Å². The van der Waals surface area contributed by atoms with Crippen molar-refractivity contribution in [2.24, 2.45) is 0 Å². The number of aromatic nitrogens is 2. The van der Waals surface area contributed by atoms with E-state index >= 15 is 0 Å². The minimum Gasteiger partial charge on any atom is -0.355 e. The molecule has 1 aliphatic rings. The van der Waals surface area contributed by atoms with Crippen LogP contribution in [0.1, 0.15) is 30.1 Å². The Labute approximate surface area is 135 Å². The van der Waals surface area contributed by atoms with E-state index in [9.17, 15) is 0 Å². The summed E-state index contributed by atoms with van der Waals surface area (Å²) in [4.78, 5) is 11.3. The second kappa shape index (κ2) is 5.82. The van der Waals surface area contributed by atoms with Crippen LogP contribution in [0.4, 0.5) is 5.82 Å². The zero-order valence-electron chi connectivity index (χ0n) is 11.2. The highest BCUT2D eigenvalue weighted by Crippen LogP contribution is 2.39. The molecule has 0 amide bonds. The normalized spacial score (nSPS) is 14.3. The lowest BCUT2D eigenvalue weighted by Gasteiger charge is -2.19. The Kier molecular flexibility index (Phi) is 4.08. The van der Waals surface area contributed by atoms with E-state index in [1.54, 1.807) is 0 Å². The van der Waals surface area contributed by atoms with Gasteiger partial charge in [-0.05, 0) is 46.5 Å². The molecule has 20 heavy (non-hydrogen) atoms. The molecule has 1 heterocycles. The van der Waals surface area contributed by atoms with E-state index in [1.165, 1.54) is 18.4 Å². The van der Waals surface area contributed by atoms with Crippen molar-refractivity contribution in [3.05, 3.63) is 50.8 Å². The second-order valence-electron chi connectivity index (χ2n) is 5.16. The quantitative estimate of drug-likeness (QED) is 0.711. The molecule has 1 aromatic carbocycles. The third-order valence-electron chi connectivity index (χ3n) is 3.37. The molecule has 0 N–H and O–H groups in total. The summed E-state index contributed by atoms with van der Waals surface area (Å²) in [6, 6.07) is 10.4. The van der Waals surface area contributed by atoms with Crippen molar-refractivity contribution in [3.63, 3.8) is 0 Å². The van der Waals surface area contributed by atoms with Gasteiger partial charge in [-0.25, -0.2) is 9.97 Å². The molecule has 0 saturated heterocycles. The third-order valence-corrected chi connectivity index (χ3v) is 4.30. The predicted octanol–water partition coefficient (Wildman–Crippen LogP) is 4.52. The van der Waals surface area contributed by atoms with Crippen molar-refractivity contribution in [1.29, 1.82) is 0 Å². The van der Waals surface area contributed by atoms with Crippen LogP contribution in [0.25, 0.3) is 0 Å². The average molecular weight is 397 g/mol. The van der Waals surface area contributed by atoms with E-state index in [1.807, 2.05) is 6.07 Å². The van der Waals surface area contributed by atoms with Crippen molar-refractivity contribution < 1.29 is 0 Å². The standard InChI is InChI=1S/C15H15Br2N3/c1-20(9-10-2-6-12(16)7-3-10)14-8-13(17)18-15(19-14)11-4-5-11/h2-3,6-8,11H,4-5,9H2,1H3. The average Bonchev–Trinajstić information content (AvgIpc) is 3.25. The Hall–Kier alpha value is -0.940. The van der Waals surface area contributed by atoms with Gasteiger partial charge in [0.2, 0.25) is 0 Å². The van der Waals surface area contributed by atoms with Gasteiger partial charge in [0.15, 0.2) is 0 Å². The molecule has 2 aromatic rings. The molecule has 3 rings (SSSR count). The summed E-state index contributed by atoms with van der Waals surface area (Å²) in [5, 5.41) is 0. The van der Waals surface area contributed by atoms with Crippen LogP contribution in [0.5, 0.6) is 0 Å². The summed E-state index contributed by atoms with van der Waals surface area (Å²) in [5.41, 5.74) is 1.26. The Morgan fingerprint density at radius 1 is 1.15 bits per heavy atom. The van der Waals surface area contributed by atoms with Crippen molar-refractivity contribution >= 4 is 37.7 Å². The number of hydrogen-bond donors (Lipinski definition) is 0. The zero-order valence-corrected chi connectivity index (χ0v) is 14.4. The largest absolute Gasteiger partial charge is 0.355 e. The lowest BCUT2D eigenvalue weighted by atomic mass is 10.2. The molecule has 1 aromatic heterocycles. The first-order valence-corrected chi connectivity index (χ1v) is 8.20. The van der Waals surface area contributed by atoms with Gasteiger partial charge in [0.05, 0.1) is 0 Å². The van der Waals surface area contributed by atoms with Crippen LogP contribution in [0.2, 0.25) is 0 Å². The highest BCUT2D eigenvalue weighted by molar-refractivity contribution is 9.10. The number of halogens is 2. The molecule has 0 atom stereocenters. The van der Waals surface area contributed by atoms with Crippen molar-refractivity contribution in [2.75, 3.05) is 11.9 Å². The van der Waals surface area contributed by atoms with Crippen LogP contribution in [0, 0.1) is 0 Å². The first-order valence-electron chi connectivity index (χ1n) is 6.62. The van der Waals surface area contributed by atoms with Crippen molar-refractivity contribution in [2.45, 2.75) is 25.3 Å². The van der Waals surface area contributed by atoms with Crippen LogP contribution in [0.3, 0.4) is 0 Å². The summed E-state index contributed by atoms with van der Waals surface area (Å²) in [6.07, 6.45) is 2.43. The van der Waals surface area contributed by atoms with Crippen LogP contribution < -0.4 is 4.90 Å². The van der Waals surface area contributed by atoms with Gasteiger partial charge >= 0.3 is 0 Å². The summed E-state index contributed by atoms with van der Waals surface area (Å²) < 4.78 is 1.97. The number of hydrogen-bond acceptors (Lipinski definition) is 3. The number of nitrogens with zero attached hydrogens (tertiary/aromatic N) is 3. The summed E-state index contributed by atoms with van der Waals surface area (Å²) >= 11 is 6.95. The first-order chi connectivity index (χ1) is 9.61. The Morgan fingerprint density at radius 2 is 1.85 bits per heavy atom. The molecule has 0 unspecified atom stereocenters. The molecule has 1 fully saturated rings. The maximum Gasteiger partial charge on any atom is 0.135 e. The van der Waals surface area contributed by atoms with Gasteiger partial charge in [0, 0.05) is 30.0 Å². The highest BCUT2D eigenvalue weighted by atomic mass is 79.9. The van der Waals surface area contributed by atoms with E-state index in [4.69, 9.17) is 0 Å². The maximum absolute atomic E-state index is 4.68. The molecule has 0 bridgehead atoms. The fraction of sp³-hybridized carbons (Fsp3) is 0.333. The van der Waals surface area contributed by atoms with Gasteiger partial charge < -0.3 is 4.90 Å². The summed E-state index contributed by atoms with van der Waals surface area (Å²) in [6.45, 7) is 0.834. The topological polar surface area (TPSA) is 29.0 Å². The smallest absolute Gasteiger partial charge is 0.135 e. The summed E-state index contributed by atoms with van der Waals surface area (Å²) in [5.74, 6) is 2.50. The molecule has 0 radical (unpaired) electrons. The van der Waals surface area contributed by atoms with Crippen LogP contribution in [-0.2, 0) is 6.54 Å². The second-order valence-corrected chi connectivity index (χ2v) is 6.89. The first kappa shape index (κ1) is 14.0. The van der Waals surface area contributed by atoms with Crippen LogP contribution >= 0.6 is 31.9 Å². The van der Waals surface area contributed by atoms with Gasteiger partial charge in [-0.2, -0.15) is 0 Å². The molecule has 1 aliphatic carbocycles. The molecular formula is C15H15Br2N3. The molecule has 3 nitrogen and oxygen atoms in total. The fourth-order valence-corrected chi connectivity index (χ4v) is 2.74. The number of rotatable bonds is 4. The Morgan fingerprint density at radius 3 is 2.50 bits per heavy atom. The molecule has 104 valence electrons. The van der Waals surface area contributed by atoms with Gasteiger partial charge in [-0.15, -0.1) is 0 Å². The number of anilines is 1. The monoisotopic (exact) mass is 395 g/mol. The van der Waals surface area contributed by atoms with Gasteiger partial charge in [0.25, 0.3) is 0 Å². The maximum atomic E-state index is 4.68. The molecule has 1 saturated carbocycles. The van der Waals surface area contributed by atoms with Crippen LogP contribution in [-0.4, -0.2) is 17.0 Å². The SMILES string of the molecule is CN(Cc1ccc(Br)cc1)c1cc(Br)nc(C2CC2)n1. The fourth-order valence-electron chi connectivity index (χ4n) is 2.09. The lowest BCUT2D eigenvalue weighted by Crippen LogP contribution is -2.18. The summed E-state index contributed by atoms with van der Waals surface area (Å²) in [7, 11) is 2.06. The third kappa shape index (κ3) is 3.38. The van der Waals surface area contributed by atoms with Crippen molar-refractivity contribution in [3.8, 4) is 0 Å². The van der Waals surface area contributed by atoms with Gasteiger partial charge in [-0.1, -0.05) is 28.1 Å². The van der Waals surface area contributed by atoms with E-state index in [0.29, 0.717) is 5.92 Å². The highest BCUT2D eigenvalue weighted by Gasteiger charge is 2.27. The lowest BCUT2D eigenvalue weighted by molar-refractivity contribution is 0.848. The minimum absolute atomic E-state index is 0.562. The predicted molar refractivity (Wildman–Crippen MR) is 88.0 cm³/mol. The zero-order chi connectivity index (χ0) is 14.1. The number of benzene rings is 1. The molecule has 0 spiro atoms. The van der Waals surface area contributed by atoms with Crippen molar-refractivity contribution in [1.82, 2.24) is 9.97 Å². The Balaban J connectivity index is 1.79. The molecule has 5 heteroatoms. The van der Waals surface area contributed by atoms with Crippen LogP contribution in [0.15, 0.2) is 39.4 Å². The van der Waals surface area contributed by atoms with E-state index in [-0.39, 0.29) is 0 Å². The molecular weight excluding hydrogens is 382 g/mol. The molecule has 0 aliphatic heterocycles. The van der Waals surface area contributed by atoms with E-state index in [0.717, 1.165) is 27.3 Å². The van der Waals surface area contributed by atoms with Gasteiger partial charge in [-0.3, -0.25) is 0 Å². The Bertz CT molecular complexity index is 609. The van der Waals surface area contributed by atoms with E-state index in [2.05, 4.69) is 78.0 Å².